The first kappa shape index (κ1) is 15.5. The minimum atomic E-state index is 0.483. The van der Waals surface area contributed by atoms with E-state index in [0.717, 1.165) is 23.7 Å². The van der Waals surface area contributed by atoms with Crippen LogP contribution >= 0.6 is 0 Å². The normalized spacial score (nSPS) is 11.0. The maximum absolute atomic E-state index is 4.66. The zero-order valence-corrected chi connectivity index (χ0v) is 13.6. The van der Waals surface area contributed by atoms with Gasteiger partial charge in [0.2, 0.25) is 0 Å². The number of pyridine rings is 1. The fourth-order valence-electron chi connectivity index (χ4n) is 2.22. The van der Waals surface area contributed by atoms with Crippen LogP contribution in [0.15, 0.2) is 36.4 Å². The lowest BCUT2D eigenvalue weighted by atomic mass is 10.2. The average molecular weight is 283 g/mol. The van der Waals surface area contributed by atoms with E-state index in [1.54, 1.807) is 0 Å². The smallest absolute Gasteiger partial charge is 0.133 e. The van der Waals surface area contributed by atoms with Crippen molar-refractivity contribution in [3.8, 4) is 0 Å². The van der Waals surface area contributed by atoms with Gasteiger partial charge in [-0.25, -0.2) is 4.98 Å². The third-order valence-electron chi connectivity index (χ3n) is 3.48. The van der Waals surface area contributed by atoms with Gasteiger partial charge in [-0.3, -0.25) is 0 Å². The molecular formula is C18H25N3. The summed E-state index contributed by atoms with van der Waals surface area (Å²) >= 11 is 0. The first-order valence-electron chi connectivity index (χ1n) is 7.47. The van der Waals surface area contributed by atoms with Crippen LogP contribution < -0.4 is 10.2 Å². The Labute approximate surface area is 128 Å². The zero-order valence-electron chi connectivity index (χ0n) is 13.6. The second-order valence-electron chi connectivity index (χ2n) is 5.91. The number of hydrogen-bond donors (Lipinski definition) is 1. The summed E-state index contributed by atoms with van der Waals surface area (Å²) in [5, 5.41) is 3.46. The molecule has 1 N–H and O–H groups in total. The van der Waals surface area contributed by atoms with Gasteiger partial charge in [0.1, 0.15) is 5.82 Å². The number of nitrogens with zero attached hydrogens (tertiary/aromatic N) is 2. The van der Waals surface area contributed by atoms with Crippen LogP contribution in [-0.4, -0.2) is 18.1 Å². The van der Waals surface area contributed by atoms with E-state index >= 15 is 0 Å². The summed E-state index contributed by atoms with van der Waals surface area (Å²) in [6, 6.07) is 13.3. The van der Waals surface area contributed by atoms with Crippen LogP contribution in [-0.2, 0) is 6.54 Å². The zero-order chi connectivity index (χ0) is 15.4. The van der Waals surface area contributed by atoms with E-state index in [9.17, 15) is 0 Å². The molecule has 0 radical (unpaired) electrons. The molecule has 112 valence electrons. The number of hydrogen-bond acceptors (Lipinski definition) is 3. The summed E-state index contributed by atoms with van der Waals surface area (Å²) in [4.78, 5) is 6.79. The molecule has 0 aliphatic rings. The van der Waals surface area contributed by atoms with Gasteiger partial charge in [0, 0.05) is 31.0 Å². The van der Waals surface area contributed by atoms with Crippen LogP contribution in [0, 0.1) is 13.8 Å². The fourth-order valence-corrected chi connectivity index (χ4v) is 2.22. The molecule has 3 heteroatoms. The van der Waals surface area contributed by atoms with Crippen LogP contribution in [0.5, 0.6) is 0 Å². The third-order valence-corrected chi connectivity index (χ3v) is 3.48. The van der Waals surface area contributed by atoms with E-state index in [4.69, 9.17) is 0 Å². The van der Waals surface area contributed by atoms with E-state index in [0.29, 0.717) is 6.04 Å². The highest BCUT2D eigenvalue weighted by atomic mass is 15.2. The van der Waals surface area contributed by atoms with Crippen molar-refractivity contribution in [2.45, 2.75) is 40.3 Å². The van der Waals surface area contributed by atoms with E-state index in [-0.39, 0.29) is 0 Å². The monoisotopic (exact) mass is 283 g/mol. The van der Waals surface area contributed by atoms with Gasteiger partial charge in [0.15, 0.2) is 0 Å². The predicted octanol–water partition coefficient (Wildman–Crippen LogP) is 3.96. The molecule has 2 aromatic rings. The number of anilines is 2. The molecule has 0 amide bonds. The Kier molecular flexibility index (Phi) is 4.97. The summed E-state index contributed by atoms with van der Waals surface area (Å²) < 4.78 is 0. The van der Waals surface area contributed by atoms with Crippen molar-refractivity contribution in [1.29, 1.82) is 0 Å². The lowest BCUT2D eigenvalue weighted by Gasteiger charge is -2.20. The van der Waals surface area contributed by atoms with Crippen LogP contribution in [0.1, 0.15) is 30.7 Å². The number of aromatic nitrogens is 1. The molecule has 1 heterocycles. The standard InChI is InChI=1S/C18H25N3/c1-13(2)19-12-16-10-15(4)20-18(11-16)21(5)17-8-6-14(3)7-9-17/h6-11,13,19H,12H2,1-5H3. The van der Waals surface area contributed by atoms with Gasteiger partial charge in [0.25, 0.3) is 0 Å². The highest BCUT2D eigenvalue weighted by Gasteiger charge is 2.08. The Balaban J connectivity index is 2.24. The third kappa shape index (κ3) is 4.30. The SMILES string of the molecule is Cc1ccc(N(C)c2cc(CNC(C)C)cc(C)n2)cc1. The van der Waals surface area contributed by atoms with Gasteiger partial charge < -0.3 is 10.2 Å². The van der Waals surface area contributed by atoms with Crippen molar-refractivity contribution >= 4 is 11.5 Å². The molecule has 1 aromatic heterocycles. The Morgan fingerprint density at radius 3 is 2.38 bits per heavy atom. The van der Waals surface area contributed by atoms with E-state index < -0.39 is 0 Å². The van der Waals surface area contributed by atoms with E-state index in [1.807, 2.05) is 6.92 Å². The molecule has 0 unspecified atom stereocenters. The second kappa shape index (κ2) is 6.72. The molecule has 0 spiro atoms. The van der Waals surface area contributed by atoms with E-state index in [2.05, 4.69) is 79.4 Å². The molecule has 21 heavy (non-hydrogen) atoms. The van der Waals surface area contributed by atoms with Crippen LogP contribution in [0.2, 0.25) is 0 Å². The van der Waals surface area contributed by atoms with Gasteiger partial charge in [-0.2, -0.15) is 0 Å². The molecule has 0 bridgehead atoms. The first-order chi connectivity index (χ1) is 9.95. The molecule has 0 aliphatic heterocycles. The topological polar surface area (TPSA) is 28.2 Å². The van der Waals surface area contributed by atoms with Gasteiger partial charge >= 0.3 is 0 Å². The second-order valence-corrected chi connectivity index (χ2v) is 5.91. The van der Waals surface area contributed by atoms with E-state index in [1.165, 1.54) is 11.1 Å². The van der Waals surface area contributed by atoms with Gasteiger partial charge in [0.05, 0.1) is 0 Å². The molecule has 0 saturated heterocycles. The average Bonchev–Trinajstić information content (AvgIpc) is 2.44. The number of benzene rings is 1. The maximum Gasteiger partial charge on any atom is 0.133 e. The molecule has 0 fully saturated rings. The molecule has 2 rings (SSSR count). The van der Waals surface area contributed by atoms with Crippen LogP contribution in [0.4, 0.5) is 11.5 Å². The molecule has 0 saturated carbocycles. The van der Waals surface area contributed by atoms with Gasteiger partial charge in [-0.15, -0.1) is 0 Å². The molecule has 1 aromatic carbocycles. The van der Waals surface area contributed by atoms with Crippen molar-refractivity contribution in [1.82, 2.24) is 10.3 Å². The largest absolute Gasteiger partial charge is 0.329 e. The summed E-state index contributed by atoms with van der Waals surface area (Å²) in [6.45, 7) is 9.34. The Morgan fingerprint density at radius 2 is 1.76 bits per heavy atom. The lowest BCUT2D eigenvalue weighted by molar-refractivity contribution is 0.588. The maximum atomic E-state index is 4.66. The van der Waals surface area contributed by atoms with Crippen molar-refractivity contribution < 1.29 is 0 Å². The number of aryl methyl sites for hydroxylation is 2. The van der Waals surface area contributed by atoms with Gasteiger partial charge in [-0.05, 0) is 43.7 Å². The summed E-state index contributed by atoms with van der Waals surface area (Å²) in [6.07, 6.45) is 0. The number of rotatable bonds is 5. The van der Waals surface area contributed by atoms with Crippen molar-refractivity contribution in [3.05, 3.63) is 53.2 Å². The highest BCUT2D eigenvalue weighted by Crippen LogP contribution is 2.23. The minimum Gasteiger partial charge on any atom is -0.329 e. The first-order valence-corrected chi connectivity index (χ1v) is 7.47. The van der Waals surface area contributed by atoms with Crippen LogP contribution in [0.3, 0.4) is 0 Å². The molecule has 0 atom stereocenters. The quantitative estimate of drug-likeness (QED) is 0.900. The Morgan fingerprint density at radius 1 is 1.10 bits per heavy atom. The molecule has 0 aliphatic carbocycles. The highest BCUT2D eigenvalue weighted by molar-refractivity contribution is 5.60. The summed E-state index contributed by atoms with van der Waals surface area (Å²) in [5.41, 5.74) is 4.74. The van der Waals surface area contributed by atoms with Crippen molar-refractivity contribution in [3.63, 3.8) is 0 Å². The molecule has 3 nitrogen and oxygen atoms in total. The Bertz CT molecular complexity index is 588. The summed E-state index contributed by atoms with van der Waals surface area (Å²) in [7, 11) is 2.06. The Hall–Kier alpha value is -1.87. The van der Waals surface area contributed by atoms with Crippen molar-refractivity contribution in [2.24, 2.45) is 0 Å². The van der Waals surface area contributed by atoms with Crippen LogP contribution in [0.25, 0.3) is 0 Å². The predicted molar refractivity (Wildman–Crippen MR) is 90.2 cm³/mol. The number of nitrogens with one attached hydrogen (secondary N) is 1. The van der Waals surface area contributed by atoms with Gasteiger partial charge in [-0.1, -0.05) is 31.5 Å². The van der Waals surface area contributed by atoms with Crippen molar-refractivity contribution in [2.75, 3.05) is 11.9 Å². The fraction of sp³-hybridized carbons (Fsp3) is 0.389. The lowest BCUT2D eigenvalue weighted by Crippen LogP contribution is -2.22. The minimum absolute atomic E-state index is 0.483. The molecular weight excluding hydrogens is 258 g/mol. The summed E-state index contributed by atoms with van der Waals surface area (Å²) in [5.74, 6) is 0.986.